The normalized spacial score (nSPS) is 17.4. The number of nitrogens with one attached hydrogen (secondary N) is 1. The average molecular weight is 312 g/mol. The van der Waals surface area contributed by atoms with E-state index in [2.05, 4.69) is 5.32 Å². The van der Waals surface area contributed by atoms with Crippen LogP contribution in [0.1, 0.15) is 19.8 Å². The van der Waals surface area contributed by atoms with Crippen LogP contribution in [0, 0.1) is 17.6 Å². The lowest BCUT2D eigenvalue weighted by Gasteiger charge is -2.33. The average Bonchev–Trinajstić information content (AvgIpc) is 2.50. The Morgan fingerprint density at radius 2 is 2.09 bits per heavy atom. The van der Waals surface area contributed by atoms with Gasteiger partial charge >= 0.3 is 0 Å². The van der Waals surface area contributed by atoms with Crippen LogP contribution in [0.5, 0.6) is 5.75 Å². The Morgan fingerprint density at radius 1 is 1.41 bits per heavy atom. The van der Waals surface area contributed by atoms with Crippen LogP contribution in [0.2, 0.25) is 0 Å². The van der Waals surface area contributed by atoms with Crippen molar-refractivity contribution in [2.24, 2.45) is 5.92 Å². The number of halogens is 2. The van der Waals surface area contributed by atoms with Gasteiger partial charge in [0, 0.05) is 44.5 Å². The summed E-state index contributed by atoms with van der Waals surface area (Å²) in [4.78, 5) is 14.0. The highest BCUT2D eigenvalue weighted by atomic mass is 19.1. The van der Waals surface area contributed by atoms with Crippen LogP contribution in [-0.4, -0.2) is 43.6 Å². The van der Waals surface area contributed by atoms with Crippen molar-refractivity contribution in [2.75, 3.05) is 26.7 Å². The predicted octanol–water partition coefficient (Wildman–Crippen LogP) is 2.19. The molecule has 1 aromatic carbocycles. The van der Waals surface area contributed by atoms with Gasteiger partial charge in [0.1, 0.15) is 11.9 Å². The lowest BCUT2D eigenvalue weighted by Crippen LogP contribution is -2.45. The molecule has 0 spiro atoms. The molecule has 2 rings (SSSR count). The Balaban J connectivity index is 1.85. The van der Waals surface area contributed by atoms with Crippen LogP contribution in [0.15, 0.2) is 18.2 Å². The van der Waals surface area contributed by atoms with Gasteiger partial charge in [0.15, 0.2) is 11.6 Å². The van der Waals surface area contributed by atoms with E-state index in [4.69, 9.17) is 4.74 Å². The number of hydrogen-bond donors (Lipinski definition) is 1. The third-order valence-corrected chi connectivity index (χ3v) is 3.87. The third kappa shape index (κ3) is 4.16. The van der Waals surface area contributed by atoms with Crippen molar-refractivity contribution in [1.29, 1.82) is 0 Å². The first-order valence-corrected chi connectivity index (χ1v) is 7.56. The summed E-state index contributed by atoms with van der Waals surface area (Å²) in [5, 5.41) is 3.00. The molecule has 1 aromatic rings. The molecule has 1 saturated heterocycles. The van der Waals surface area contributed by atoms with Crippen LogP contribution in [-0.2, 0) is 4.79 Å². The number of rotatable bonds is 5. The lowest BCUT2D eigenvalue weighted by molar-refractivity contribution is -0.136. The largest absolute Gasteiger partial charge is 0.487 e. The molecule has 122 valence electrons. The summed E-state index contributed by atoms with van der Waals surface area (Å²) in [6, 6.07) is 3.29. The molecular formula is C16H22F2N2O2. The van der Waals surface area contributed by atoms with Crippen LogP contribution in [0.4, 0.5) is 8.78 Å². The Hall–Kier alpha value is -1.69. The molecule has 0 radical (unpaired) electrons. The maximum Gasteiger partial charge on any atom is 0.226 e. The van der Waals surface area contributed by atoms with Crippen molar-refractivity contribution in [3.63, 3.8) is 0 Å². The quantitative estimate of drug-likeness (QED) is 0.906. The monoisotopic (exact) mass is 312 g/mol. The van der Waals surface area contributed by atoms with Crippen LogP contribution < -0.4 is 10.1 Å². The highest BCUT2D eigenvalue weighted by Gasteiger charge is 2.27. The maximum absolute atomic E-state index is 13.6. The van der Waals surface area contributed by atoms with Gasteiger partial charge < -0.3 is 15.0 Å². The van der Waals surface area contributed by atoms with Crippen molar-refractivity contribution < 1.29 is 18.3 Å². The predicted molar refractivity (Wildman–Crippen MR) is 79.7 cm³/mol. The number of hydrogen-bond acceptors (Lipinski definition) is 3. The lowest BCUT2D eigenvalue weighted by atomic mass is 10.0. The zero-order valence-corrected chi connectivity index (χ0v) is 12.9. The second kappa shape index (κ2) is 7.54. The highest BCUT2D eigenvalue weighted by molar-refractivity contribution is 5.78. The summed E-state index contributed by atoms with van der Waals surface area (Å²) in [7, 11) is 1.82. The number of nitrogens with zero attached hydrogens (tertiary/aromatic N) is 1. The summed E-state index contributed by atoms with van der Waals surface area (Å²) in [6.07, 6.45) is 1.15. The molecule has 1 fully saturated rings. The highest BCUT2D eigenvalue weighted by Crippen LogP contribution is 2.23. The molecule has 1 amide bonds. The molecule has 1 atom stereocenters. The fourth-order valence-corrected chi connectivity index (χ4v) is 2.65. The first-order chi connectivity index (χ1) is 10.5. The van der Waals surface area contributed by atoms with Gasteiger partial charge in [0.05, 0.1) is 0 Å². The minimum Gasteiger partial charge on any atom is -0.487 e. The minimum absolute atomic E-state index is 0.0583. The Morgan fingerprint density at radius 3 is 2.68 bits per heavy atom. The summed E-state index contributed by atoms with van der Waals surface area (Å²) < 4.78 is 32.0. The molecule has 1 aliphatic rings. The van der Waals surface area contributed by atoms with E-state index in [1.807, 2.05) is 18.9 Å². The van der Waals surface area contributed by atoms with E-state index >= 15 is 0 Å². The Kier molecular flexibility index (Phi) is 5.71. The van der Waals surface area contributed by atoms with E-state index in [9.17, 15) is 13.6 Å². The summed E-state index contributed by atoms with van der Waals surface area (Å²) >= 11 is 0. The minimum atomic E-state index is -0.693. The number of carbonyl (C=O) groups excluding carboxylic acids is 1. The summed E-state index contributed by atoms with van der Waals surface area (Å²) in [5.41, 5.74) is 0. The van der Waals surface area contributed by atoms with Gasteiger partial charge in [-0.05, 0) is 19.2 Å². The van der Waals surface area contributed by atoms with E-state index < -0.39 is 11.6 Å². The number of carbonyl (C=O) groups is 1. The number of piperidine rings is 1. The van der Waals surface area contributed by atoms with Crippen molar-refractivity contribution in [2.45, 2.75) is 25.9 Å². The molecule has 6 heteroatoms. The molecule has 22 heavy (non-hydrogen) atoms. The smallest absolute Gasteiger partial charge is 0.226 e. The van der Waals surface area contributed by atoms with Gasteiger partial charge in [-0.3, -0.25) is 4.79 Å². The maximum atomic E-state index is 13.6. The fraction of sp³-hybridized carbons (Fsp3) is 0.562. The Labute approximate surface area is 129 Å². The van der Waals surface area contributed by atoms with E-state index in [0.717, 1.165) is 6.07 Å². The standard InChI is InChI=1S/C16H22F2N2O2/c1-11(10-19-2)16(21)20-7-5-13(6-8-20)22-15-4-3-12(17)9-14(15)18/h3-4,9,11,13,19H,5-8,10H2,1-2H3. The van der Waals surface area contributed by atoms with E-state index in [1.165, 1.54) is 12.1 Å². The van der Waals surface area contributed by atoms with Gasteiger partial charge in [0.25, 0.3) is 0 Å². The first-order valence-electron chi connectivity index (χ1n) is 7.56. The second-order valence-corrected chi connectivity index (χ2v) is 5.68. The van der Waals surface area contributed by atoms with Crippen molar-refractivity contribution >= 4 is 5.91 Å². The Bertz CT molecular complexity index is 517. The van der Waals surface area contributed by atoms with Gasteiger partial charge in [-0.2, -0.15) is 0 Å². The van der Waals surface area contributed by atoms with Gasteiger partial charge in [-0.1, -0.05) is 6.92 Å². The van der Waals surface area contributed by atoms with Gasteiger partial charge in [-0.25, -0.2) is 8.78 Å². The third-order valence-electron chi connectivity index (χ3n) is 3.87. The number of amides is 1. The zero-order valence-electron chi connectivity index (χ0n) is 12.9. The molecule has 0 saturated carbocycles. The van der Waals surface area contributed by atoms with Crippen LogP contribution in [0.25, 0.3) is 0 Å². The summed E-state index contributed by atoms with van der Waals surface area (Å²) in [5.74, 6) is -1.18. The molecule has 0 bridgehead atoms. The van der Waals surface area contributed by atoms with E-state index in [-0.39, 0.29) is 23.7 Å². The van der Waals surface area contributed by atoms with Crippen LogP contribution in [0.3, 0.4) is 0 Å². The topological polar surface area (TPSA) is 41.6 Å². The van der Waals surface area contributed by atoms with Crippen molar-refractivity contribution in [3.8, 4) is 5.75 Å². The van der Waals surface area contributed by atoms with Gasteiger partial charge in [-0.15, -0.1) is 0 Å². The molecule has 1 aliphatic heterocycles. The molecule has 4 nitrogen and oxygen atoms in total. The van der Waals surface area contributed by atoms with E-state index in [0.29, 0.717) is 32.5 Å². The van der Waals surface area contributed by atoms with Crippen molar-refractivity contribution in [1.82, 2.24) is 10.2 Å². The fourth-order valence-electron chi connectivity index (χ4n) is 2.65. The van der Waals surface area contributed by atoms with E-state index in [1.54, 1.807) is 0 Å². The van der Waals surface area contributed by atoms with Crippen LogP contribution >= 0.6 is 0 Å². The van der Waals surface area contributed by atoms with Crippen molar-refractivity contribution in [3.05, 3.63) is 29.8 Å². The molecule has 0 aliphatic carbocycles. The molecular weight excluding hydrogens is 290 g/mol. The number of ether oxygens (including phenoxy) is 1. The number of benzene rings is 1. The zero-order chi connectivity index (χ0) is 16.1. The first kappa shape index (κ1) is 16.7. The van der Waals surface area contributed by atoms with Gasteiger partial charge in [0.2, 0.25) is 5.91 Å². The molecule has 1 N–H and O–H groups in total. The second-order valence-electron chi connectivity index (χ2n) is 5.68. The summed E-state index contributed by atoms with van der Waals surface area (Å²) in [6.45, 7) is 3.74. The molecule has 1 unspecified atom stereocenters. The molecule has 1 heterocycles. The number of likely N-dealkylation sites (tertiary alicyclic amines) is 1. The molecule has 0 aromatic heterocycles. The SMILES string of the molecule is CNCC(C)C(=O)N1CCC(Oc2ccc(F)cc2F)CC1.